The molecule has 5 nitrogen and oxygen atoms in total. The van der Waals surface area contributed by atoms with Crippen molar-refractivity contribution in [1.82, 2.24) is 10.2 Å². The summed E-state index contributed by atoms with van der Waals surface area (Å²) in [5.41, 5.74) is 7.76. The Kier molecular flexibility index (Phi) is 6.06. The van der Waals surface area contributed by atoms with Gasteiger partial charge in [0, 0.05) is 18.7 Å². The van der Waals surface area contributed by atoms with Crippen LogP contribution in [0.1, 0.15) is 17.3 Å². The van der Waals surface area contributed by atoms with Crippen LogP contribution in [-0.4, -0.2) is 44.6 Å². The topological polar surface area (TPSA) is 67.6 Å². The first-order valence-electron chi connectivity index (χ1n) is 6.49. The van der Waals surface area contributed by atoms with Gasteiger partial charge in [-0.05, 0) is 44.8 Å². The average Bonchev–Trinajstić information content (AvgIpc) is 2.37. The molecule has 1 amide bonds. The highest BCUT2D eigenvalue weighted by Crippen LogP contribution is 2.23. The van der Waals surface area contributed by atoms with E-state index in [0.29, 0.717) is 30.2 Å². The number of nitrogens with two attached hydrogens (primary N) is 1. The molecule has 1 aromatic rings. The Morgan fingerprint density at radius 1 is 1.45 bits per heavy atom. The molecule has 110 valence electrons. The first-order chi connectivity index (χ1) is 9.40. The Hall–Kier alpha value is -2.01. The monoisotopic (exact) mass is 277 g/mol. The summed E-state index contributed by atoms with van der Waals surface area (Å²) < 4.78 is 5.52. The highest BCUT2D eigenvalue weighted by Gasteiger charge is 2.09. The van der Waals surface area contributed by atoms with E-state index in [9.17, 15) is 4.79 Å². The molecule has 0 saturated heterocycles. The maximum absolute atomic E-state index is 12.0. The number of nitrogens with one attached hydrogen (secondary N) is 1. The molecule has 0 unspecified atom stereocenters. The summed E-state index contributed by atoms with van der Waals surface area (Å²) in [6.07, 6.45) is 0. The summed E-state index contributed by atoms with van der Waals surface area (Å²) in [4.78, 5) is 14.0. The van der Waals surface area contributed by atoms with E-state index in [1.807, 2.05) is 25.9 Å². The van der Waals surface area contributed by atoms with Crippen molar-refractivity contribution in [2.24, 2.45) is 0 Å². The van der Waals surface area contributed by atoms with Crippen LogP contribution in [0.15, 0.2) is 30.4 Å². The number of amides is 1. The van der Waals surface area contributed by atoms with Gasteiger partial charge in [0.1, 0.15) is 12.4 Å². The van der Waals surface area contributed by atoms with Crippen molar-refractivity contribution in [3.8, 4) is 5.75 Å². The fraction of sp³-hybridized carbons (Fsp3) is 0.400. The van der Waals surface area contributed by atoms with Gasteiger partial charge in [0.15, 0.2) is 0 Å². The number of rotatable bonds is 7. The van der Waals surface area contributed by atoms with Crippen LogP contribution >= 0.6 is 0 Å². The zero-order valence-electron chi connectivity index (χ0n) is 12.4. The quantitative estimate of drug-likeness (QED) is 0.585. The van der Waals surface area contributed by atoms with E-state index >= 15 is 0 Å². The van der Waals surface area contributed by atoms with Crippen molar-refractivity contribution in [3.63, 3.8) is 0 Å². The lowest BCUT2D eigenvalue weighted by Gasteiger charge is -2.12. The number of hydrogen-bond acceptors (Lipinski definition) is 4. The van der Waals surface area contributed by atoms with Gasteiger partial charge in [0.25, 0.3) is 5.91 Å². The second-order valence-corrected chi connectivity index (χ2v) is 5.06. The van der Waals surface area contributed by atoms with Crippen LogP contribution in [-0.2, 0) is 0 Å². The zero-order chi connectivity index (χ0) is 15.1. The third-order valence-electron chi connectivity index (χ3n) is 2.59. The Labute approximate surface area is 120 Å². The van der Waals surface area contributed by atoms with Crippen LogP contribution in [0.5, 0.6) is 5.75 Å². The Balaban J connectivity index is 2.68. The minimum absolute atomic E-state index is 0.132. The minimum atomic E-state index is -0.132. The van der Waals surface area contributed by atoms with Gasteiger partial charge in [0.05, 0.1) is 5.69 Å². The molecule has 1 aromatic carbocycles. The number of anilines is 1. The Morgan fingerprint density at radius 2 is 2.15 bits per heavy atom. The Bertz CT molecular complexity index is 484. The summed E-state index contributed by atoms with van der Waals surface area (Å²) in [5, 5.41) is 2.85. The lowest BCUT2D eigenvalue weighted by Crippen LogP contribution is -2.31. The first-order valence-corrected chi connectivity index (χ1v) is 6.49. The maximum Gasteiger partial charge on any atom is 0.251 e. The molecule has 0 aliphatic heterocycles. The minimum Gasteiger partial charge on any atom is -0.487 e. The van der Waals surface area contributed by atoms with Crippen molar-refractivity contribution < 1.29 is 9.53 Å². The lowest BCUT2D eigenvalue weighted by molar-refractivity contribution is 0.0950. The van der Waals surface area contributed by atoms with E-state index in [1.165, 1.54) is 0 Å². The summed E-state index contributed by atoms with van der Waals surface area (Å²) in [6, 6.07) is 5.02. The molecule has 0 aliphatic rings. The third-order valence-corrected chi connectivity index (χ3v) is 2.59. The molecule has 0 heterocycles. The van der Waals surface area contributed by atoms with Crippen LogP contribution in [0.3, 0.4) is 0 Å². The molecule has 5 heteroatoms. The van der Waals surface area contributed by atoms with Crippen LogP contribution in [0.2, 0.25) is 0 Å². The van der Waals surface area contributed by atoms with Gasteiger partial charge in [-0.3, -0.25) is 4.79 Å². The third kappa shape index (κ3) is 5.32. The smallest absolute Gasteiger partial charge is 0.251 e. The number of carbonyl (C=O) groups excluding carboxylic acids is 1. The fourth-order valence-corrected chi connectivity index (χ4v) is 1.50. The fourth-order valence-electron chi connectivity index (χ4n) is 1.50. The summed E-state index contributed by atoms with van der Waals surface area (Å²) in [5.74, 6) is 0.375. The largest absolute Gasteiger partial charge is 0.487 e. The molecule has 0 aromatic heterocycles. The molecule has 3 N–H and O–H groups in total. The molecular formula is C15H23N3O2. The van der Waals surface area contributed by atoms with Gasteiger partial charge in [0.2, 0.25) is 0 Å². The zero-order valence-corrected chi connectivity index (χ0v) is 12.4. The average molecular weight is 277 g/mol. The van der Waals surface area contributed by atoms with Gasteiger partial charge in [-0.25, -0.2) is 0 Å². The lowest BCUT2D eigenvalue weighted by atomic mass is 10.1. The number of likely N-dealkylation sites (N-methyl/N-ethyl adjacent to an activating group) is 1. The molecule has 0 atom stereocenters. The number of nitrogens with zero attached hydrogens (tertiary/aromatic N) is 1. The van der Waals surface area contributed by atoms with E-state index in [2.05, 4.69) is 11.9 Å². The summed E-state index contributed by atoms with van der Waals surface area (Å²) >= 11 is 0. The van der Waals surface area contributed by atoms with Crippen LogP contribution in [0.25, 0.3) is 0 Å². The molecule has 20 heavy (non-hydrogen) atoms. The molecule has 0 bridgehead atoms. The van der Waals surface area contributed by atoms with Crippen LogP contribution in [0, 0.1) is 0 Å². The highest BCUT2D eigenvalue weighted by molar-refractivity contribution is 5.95. The van der Waals surface area contributed by atoms with Crippen molar-refractivity contribution >= 4 is 11.6 Å². The number of carbonyl (C=O) groups is 1. The standard InChI is InChI=1S/C15H23N3O2/c1-11(2)10-20-14-9-12(5-6-13(14)16)15(19)17-7-8-18(3)4/h5-6,9H,1,7-8,10,16H2,2-4H3,(H,17,19). The first kappa shape index (κ1) is 16.0. The van der Waals surface area contributed by atoms with Gasteiger partial charge in [-0.15, -0.1) is 0 Å². The van der Waals surface area contributed by atoms with E-state index in [-0.39, 0.29) is 5.91 Å². The molecule has 0 fully saturated rings. The number of ether oxygens (including phenoxy) is 1. The molecule has 0 saturated carbocycles. The van der Waals surface area contributed by atoms with E-state index in [0.717, 1.165) is 12.1 Å². The highest BCUT2D eigenvalue weighted by atomic mass is 16.5. The molecule has 0 spiro atoms. The SMILES string of the molecule is C=C(C)COc1cc(C(=O)NCCN(C)C)ccc1N. The predicted octanol–water partition coefficient (Wildman–Crippen LogP) is 1.52. The van der Waals surface area contributed by atoms with Gasteiger partial charge in [-0.1, -0.05) is 6.58 Å². The number of benzene rings is 1. The Morgan fingerprint density at radius 3 is 2.75 bits per heavy atom. The number of nitrogen functional groups attached to an aromatic ring is 1. The maximum atomic E-state index is 12.0. The number of hydrogen-bond donors (Lipinski definition) is 2. The van der Waals surface area contributed by atoms with Gasteiger partial charge >= 0.3 is 0 Å². The van der Waals surface area contributed by atoms with Crippen molar-refractivity contribution in [3.05, 3.63) is 35.9 Å². The van der Waals surface area contributed by atoms with E-state index in [4.69, 9.17) is 10.5 Å². The van der Waals surface area contributed by atoms with E-state index < -0.39 is 0 Å². The molecule has 0 aliphatic carbocycles. The second kappa shape index (κ2) is 7.55. The van der Waals surface area contributed by atoms with Crippen molar-refractivity contribution in [2.45, 2.75) is 6.92 Å². The summed E-state index contributed by atoms with van der Waals surface area (Å²) in [6.45, 7) is 7.41. The van der Waals surface area contributed by atoms with Gasteiger partial charge < -0.3 is 20.7 Å². The van der Waals surface area contributed by atoms with Crippen LogP contribution < -0.4 is 15.8 Å². The normalized spacial score (nSPS) is 10.4. The van der Waals surface area contributed by atoms with Crippen molar-refractivity contribution in [2.75, 3.05) is 39.5 Å². The summed E-state index contributed by atoms with van der Waals surface area (Å²) in [7, 11) is 3.91. The van der Waals surface area contributed by atoms with Crippen LogP contribution in [0.4, 0.5) is 5.69 Å². The van der Waals surface area contributed by atoms with Crippen molar-refractivity contribution in [1.29, 1.82) is 0 Å². The molecular weight excluding hydrogens is 254 g/mol. The predicted molar refractivity (Wildman–Crippen MR) is 82.1 cm³/mol. The van der Waals surface area contributed by atoms with Gasteiger partial charge in [-0.2, -0.15) is 0 Å². The molecule has 1 rings (SSSR count). The second-order valence-electron chi connectivity index (χ2n) is 5.06. The molecule has 0 radical (unpaired) electrons. The van der Waals surface area contributed by atoms with E-state index in [1.54, 1.807) is 18.2 Å².